The highest BCUT2D eigenvalue weighted by atomic mass is 32.1. The summed E-state index contributed by atoms with van der Waals surface area (Å²) >= 11 is 1.40. The number of ether oxygens (including phenoxy) is 2. The van der Waals surface area contributed by atoms with Crippen molar-refractivity contribution in [2.24, 2.45) is 11.8 Å². The lowest BCUT2D eigenvalue weighted by molar-refractivity contribution is -0.0230. The Morgan fingerprint density at radius 1 is 1.26 bits per heavy atom. The number of halogens is 2. The van der Waals surface area contributed by atoms with Gasteiger partial charge in [-0.1, -0.05) is 24.2 Å². The second-order valence-electron chi connectivity index (χ2n) is 9.60. The number of carbonyl (C=O) groups excluding carboxylic acids is 1. The summed E-state index contributed by atoms with van der Waals surface area (Å²) in [5.41, 5.74) is 1.55. The zero-order valence-corrected chi connectivity index (χ0v) is 20.7. The van der Waals surface area contributed by atoms with Crippen LogP contribution in [0.1, 0.15) is 66.4 Å². The average molecular weight is 494 g/mol. The third kappa shape index (κ3) is 6.72. The van der Waals surface area contributed by atoms with Gasteiger partial charge in [-0.15, -0.1) is 0 Å². The van der Waals surface area contributed by atoms with Crippen LogP contribution in [0.5, 0.6) is 11.1 Å². The van der Waals surface area contributed by atoms with E-state index in [4.69, 9.17) is 9.47 Å². The summed E-state index contributed by atoms with van der Waals surface area (Å²) in [4.78, 5) is 24.9. The number of methoxy groups -OCH3 is 1. The summed E-state index contributed by atoms with van der Waals surface area (Å²) in [5, 5.41) is 0.352. The number of thiazole rings is 1. The van der Waals surface area contributed by atoms with Crippen LogP contribution in [0, 0.1) is 11.8 Å². The lowest BCUT2D eigenvalue weighted by Crippen LogP contribution is -2.32. The molecule has 9 heteroatoms. The number of hydrogen-bond donors (Lipinski definition) is 0. The first kappa shape index (κ1) is 25.0. The van der Waals surface area contributed by atoms with Gasteiger partial charge in [0, 0.05) is 37.5 Å². The number of aromatic nitrogens is 2. The Morgan fingerprint density at radius 2 is 2.03 bits per heavy atom. The summed E-state index contributed by atoms with van der Waals surface area (Å²) in [5.74, 6) is -1.22. The molecule has 4 rings (SSSR count). The highest BCUT2D eigenvalue weighted by molar-refractivity contribution is 7.13. The molecule has 1 saturated carbocycles. The number of hydrogen-bond acceptors (Lipinski definition) is 7. The second kappa shape index (κ2) is 11.1. The lowest BCUT2D eigenvalue weighted by atomic mass is 9.78. The normalized spacial score (nSPS) is 21.2. The van der Waals surface area contributed by atoms with E-state index in [-0.39, 0.29) is 5.78 Å². The second-order valence-corrected chi connectivity index (χ2v) is 10.6. The third-order valence-corrected chi connectivity index (χ3v) is 7.86. The number of ketones is 1. The summed E-state index contributed by atoms with van der Waals surface area (Å²) in [6.45, 7) is 2.96. The maximum absolute atomic E-state index is 13.0. The van der Waals surface area contributed by atoms with Crippen LogP contribution in [0.4, 0.5) is 8.78 Å². The summed E-state index contributed by atoms with van der Waals surface area (Å²) in [7, 11) is 1.54. The molecule has 0 radical (unpaired) electrons. The Morgan fingerprint density at radius 3 is 2.76 bits per heavy atom. The summed E-state index contributed by atoms with van der Waals surface area (Å²) in [6, 6.07) is 3.57. The molecule has 0 atom stereocenters. The molecule has 0 saturated heterocycles. The van der Waals surface area contributed by atoms with E-state index >= 15 is 0 Å². The van der Waals surface area contributed by atoms with Crippen LogP contribution in [0.2, 0.25) is 0 Å². The van der Waals surface area contributed by atoms with E-state index in [0.717, 1.165) is 75.7 Å². The average Bonchev–Trinajstić information content (AvgIpc) is 3.24. The van der Waals surface area contributed by atoms with Gasteiger partial charge in [0.05, 0.1) is 18.4 Å². The third-order valence-electron chi connectivity index (χ3n) is 6.80. The minimum absolute atomic E-state index is 0.117. The minimum atomic E-state index is -2.85. The van der Waals surface area contributed by atoms with Crippen molar-refractivity contribution in [1.29, 1.82) is 0 Å². The number of fused-ring (bicyclic) bond motifs is 1. The predicted molar refractivity (Wildman–Crippen MR) is 127 cm³/mol. The van der Waals surface area contributed by atoms with Gasteiger partial charge >= 0.3 is 0 Å². The van der Waals surface area contributed by atoms with E-state index < -0.39 is 12.5 Å². The van der Waals surface area contributed by atoms with E-state index in [0.29, 0.717) is 34.9 Å². The lowest BCUT2D eigenvalue weighted by Gasteiger charge is -2.31. The Labute approximate surface area is 203 Å². The number of pyridine rings is 1. The van der Waals surface area contributed by atoms with Crippen molar-refractivity contribution in [3.05, 3.63) is 34.5 Å². The monoisotopic (exact) mass is 493 g/mol. The quantitative estimate of drug-likeness (QED) is 0.413. The molecule has 1 fully saturated rings. The molecule has 1 aliphatic carbocycles. The molecule has 3 heterocycles. The Kier molecular flexibility index (Phi) is 8.14. The van der Waals surface area contributed by atoms with Crippen LogP contribution < -0.4 is 9.47 Å². The van der Waals surface area contributed by atoms with E-state index in [1.807, 2.05) is 0 Å². The number of carbonyl (C=O) groups is 1. The largest absolute Gasteiger partial charge is 0.480 e. The molecule has 186 valence electrons. The molecule has 1 aliphatic heterocycles. The molecule has 2 aliphatic rings. The molecule has 0 aromatic carbocycles. The zero-order valence-electron chi connectivity index (χ0n) is 19.9. The van der Waals surface area contributed by atoms with Gasteiger partial charge < -0.3 is 9.47 Å². The van der Waals surface area contributed by atoms with Gasteiger partial charge in [-0.3, -0.25) is 9.69 Å². The highest BCUT2D eigenvalue weighted by Crippen LogP contribution is 2.35. The predicted octanol–water partition coefficient (Wildman–Crippen LogP) is 5.41. The molecule has 0 unspecified atom stereocenters. The van der Waals surface area contributed by atoms with E-state index in [1.165, 1.54) is 11.3 Å². The topological polar surface area (TPSA) is 64.5 Å². The highest BCUT2D eigenvalue weighted by Gasteiger charge is 2.27. The zero-order chi connectivity index (χ0) is 24.1. The van der Waals surface area contributed by atoms with Gasteiger partial charge in [-0.2, -0.15) is 0 Å². The van der Waals surface area contributed by atoms with E-state index in [1.54, 1.807) is 25.4 Å². The van der Waals surface area contributed by atoms with Crippen molar-refractivity contribution in [2.45, 2.75) is 64.3 Å². The fraction of sp³-hybridized carbons (Fsp3) is 0.640. The van der Waals surface area contributed by atoms with Gasteiger partial charge in [0.15, 0.2) is 12.4 Å². The molecule has 0 spiro atoms. The molecule has 2 aromatic rings. The summed E-state index contributed by atoms with van der Waals surface area (Å²) in [6.07, 6.45) is 8.70. The van der Waals surface area contributed by atoms with Gasteiger partial charge in [0.1, 0.15) is 0 Å². The van der Waals surface area contributed by atoms with E-state index in [9.17, 15) is 13.6 Å². The van der Waals surface area contributed by atoms with Crippen molar-refractivity contribution >= 4 is 17.1 Å². The van der Waals surface area contributed by atoms with Crippen molar-refractivity contribution < 1.29 is 23.0 Å². The summed E-state index contributed by atoms with van der Waals surface area (Å²) < 4.78 is 36.5. The number of rotatable bonds is 10. The Balaban J connectivity index is 1.19. The Bertz CT molecular complexity index is 971. The maximum Gasteiger partial charge on any atom is 0.278 e. The molecule has 2 aromatic heterocycles. The van der Waals surface area contributed by atoms with Crippen molar-refractivity contribution in [1.82, 2.24) is 14.9 Å². The smallest absolute Gasteiger partial charge is 0.278 e. The van der Waals surface area contributed by atoms with E-state index in [2.05, 4.69) is 14.9 Å². The fourth-order valence-corrected chi connectivity index (χ4v) is 5.80. The number of nitrogens with zero attached hydrogens (tertiary/aromatic N) is 3. The van der Waals surface area contributed by atoms with Crippen molar-refractivity contribution in [3.8, 4) is 11.1 Å². The van der Waals surface area contributed by atoms with Gasteiger partial charge in [-0.25, -0.2) is 18.7 Å². The first-order valence-corrected chi connectivity index (χ1v) is 12.9. The van der Waals surface area contributed by atoms with Crippen LogP contribution in [-0.4, -0.2) is 53.4 Å². The van der Waals surface area contributed by atoms with Crippen molar-refractivity contribution in [3.63, 3.8) is 0 Å². The molecule has 34 heavy (non-hydrogen) atoms. The SMILES string of the molecule is COc1ncccc1C(=O)CC1CCC(CCN2CCc3sc(OCC(C)(F)F)nc3C2)CC1. The van der Waals surface area contributed by atoms with Gasteiger partial charge in [-0.05, 0) is 56.2 Å². The van der Waals surface area contributed by atoms with Crippen LogP contribution >= 0.6 is 11.3 Å². The fourth-order valence-electron chi connectivity index (χ4n) is 4.90. The van der Waals surface area contributed by atoms with Gasteiger partial charge in [0.2, 0.25) is 5.88 Å². The van der Waals surface area contributed by atoms with Crippen LogP contribution in [0.25, 0.3) is 0 Å². The minimum Gasteiger partial charge on any atom is -0.480 e. The molecule has 0 amide bonds. The van der Waals surface area contributed by atoms with Crippen LogP contribution in [-0.2, 0) is 13.0 Å². The van der Waals surface area contributed by atoms with Crippen LogP contribution in [0.3, 0.4) is 0 Å². The van der Waals surface area contributed by atoms with Crippen molar-refractivity contribution in [2.75, 3.05) is 26.8 Å². The van der Waals surface area contributed by atoms with Crippen LogP contribution in [0.15, 0.2) is 18.3 Å². The number of Topliss-reactive ketones (excluding diaryl/α,β-unsaturated/α-hetero) is 1. The van der Waals surface area contributed by atoms with Gasteiger partial charge in [0.25, 0.3) is 11.1 Å². The number of alkyl halides is 2. The molecule has 6 nitrogen and oxygen atoms in total. The Hall–Kier alpha value is -2.13. The first-order chi connectivity index (χ1) is 16.3. The molecular formula is C25H33F2N3O3S. The first-order valence-electron chi connectivity index (χ1n) is 12.0. The molecule has 0 bridgehead atoms. The standard InChI is InChI=1S/C25H33F2N3O3S/c1-25(26,27)16-33-24-29-20-15-30(13-10-22(20)34-24)12-9-17-5-7-18(8-6-17)14-21(31)19-4-3-11-28-23(19)32-2/h3-4,11,17-18H,5-10,12-16H2,1-2H3. The molecular weight excluding hydrogens is 460 g/mol. The molecule has 0 N–H and O–H groups in total. The maximum atomic E-state index is 13.0.